The summed E-state index contributed by atoms with van der Waals surface area (Å²) >= 11 is 4.72. The van der Waals surface area contributed by atoms with Gasteiger partial charge in [-0.15, -0.1) is 4.72 Å². The Balaban J connectivity index is 2.18. The summed E-state index contributed by atoms with van der Waals surface area (Å²) < 4.78 is 20.4. The van der Waals surface area contributed by atoms with Crippen molar-refractivity contribution in [2.45, 2.75) is 38.0 Å². The molecule has 0 bridgehead atoms. The highest BCUT2D eigenvalue weighted by atomic mass is 35.5. The van der Waals surface area contributed by atoms with Crippen molar-refractivity contribution in [1.29, 1.82) is 0 Å². The van der Waals surface area contributed by atoms with Gasteiger partial charge in [-0.1, -0.05) is 11.6 Å². The summed E-state index contributed by atoms with van der Waals surface area (Å²) in [5, 5.41) is 0.409. The van der Waals surface area contributed by atoms with Gasteiger partial charge >= 0.3 is 0 Å². The minimum absolute atomic E-state index is 0.00132. The first-order valence-corrected chi connectivity index (χ1v) is 7.38. The second-order valence-electron chi connectivity index (χ2n) is 5.22. The lowest BCUT2D eigenvalue weighted by Crippen LogP contribution is -2.42. The monoisotopic (exact) mass is 288 g/mol. The van der Waals surface area contributed by atoms with E-state index < -0.39 is 11.4 Å². The van der Waals surface area contributed by atoms with Crippen molar-refractivity contribution in [2.75, 3.05) is 6.61 Å². The first kappa shape index (κ1) is 13.9. The molecule has 1 N–H and O–H groups in total. The minimum Gasteiger partial charge on any atom is -0.598 e. The highest BCUT2D eigenvalue weighted by Gasteiger charge is 2.32. The van der Waals surface area contributed by atoms with Gasteiger partial charge in [0.05, 0.1) is 12.6 Å². The Hall–Kier alpha value is -0.490. The lowest BCUT2D eigenvalue weighted by molar-refractivity contribution is 0.252. The molecule has 0 saturated carbocycles. The molecule has 0 fully saturated rings. The molecule has 0 amide bonds. The lowest BCUT2D eigenvalue weighted by Gasteiger charge is -2.30. The van der Waals surface area contributed by atoms with Crippen LogP contribution in [0, 0.1) is 0 Å². The third-order valence-corrected chi connectivity index (χ3v) is 4.50. The third-order valence-electron chi connectivity index (χ3n) is 2.68. The van der Waals surface area contributed by atoms with Crippen molar-refractivity contribution < 1.29 is 9.29 Å². The summed E-state index contributed by atoms with van der Waals surface area (Å²) in [7, 11) is 0. The zero-order valence-electron chi connectivity index (χ0n) is 10.7. The highest BCUT2D eigenvalue weighted by molar-refractivity contribution is 7.90. The number of halogens is 1. The van der Waals surface area contributed by atoms with Gasteiger partial charge in [-0.05, 0) is 32.9 Å². The second-order valence-corrected chi connectivity index (χ2v) is 7.60. The standard InChI is InChI=1S/C12H17ClN2O2S/c1-12(2,3)18(16)15-9-6-7-17-11-8(9)4-5-10(13)14-11/h4-5,9,15H,6-7H2,1-3H3. The Morgan fingerprint density at radius 1 is 1.50 bits per heavy atom. The van der Waals surface area contributed by atoms with Crippen molar-refractivity contribution in [2.24, 2.45) is 0 Å². The molecule has 6 heteroatoms. The molecule has 1 aliphatic heterocycles. The van der Waals surface area contributed by atoms with Gasteiger partial charge in [0.25, 0.3) is 0 Å². The SMILES string of the molecule is CC(C)(C)[S+]([O-])NC1CCOc2nc(Cl)ccc21. The predicted octanol–water partition coefficient (Wildman–Crippen LogP) is 2.61. The number of pyridine rings is 1. The van der Waals surface area contributed by atoms with Gasteiger partial charge in [0.2, 0.25) is 5.88 Å². The normalized spacial score (nSPS) is 21.1. The van der Waals surface area contributed by atoms with Crippen LogP contribution < -0.4 is 9.46 Å². The zero-order chi connectivity index (χ0) is 13.3. The summed E-state index contributed by atoms with van der Waals surface area (Å²) in [6.45, 7) is 6.38. The number of nitrogens with zero attached hydrogens (tertiary/aromatic N) is 1. The summed E-state index contributed by atoms with van der Waals surface area (Å²) in [6, 6.07) is 3.60. The smallest absolute Gasteiger partial charge is 0.219 e. The van der Waals surface area contributed by atoms with E-state index in [-0.39, 0.29) is 10.8 Å². The molecule has 0 spiro atoms. The van der Waals surface area contributed by atoms with Crippen molar-refractivity contribution >= 4 is 23.0 Å². The van der Waals surface area contributed by atoms with Crippen LogP contribution in [0.4, 0.5) is 0 Å². The molecule has 1 aromatic rings. The van der Waals surface area contributed by atoms with E-state index in [9.17, 15) is 4.55 Å². The quantitative estimate of drug-likeness (QED) is 0.671. The second kappa shape index (κ2) is 5.25. The average molecular weight is 289 g/mol. The number of ether oxygens (including phenoxy) is 1. The maximum absolute atomic E-state index is 12.1. The van der Waals surface area contributed by atoms with E-state index in [0.717, 1.165) is 12.0 Å². The lowest BCUT2D eigenvalue weighted by atomic mass is 10.1. The molecule has 2 heterocycles. The summed E-state index contributed by atoms with van der Waals surface area (Å²) in [5.74, 6) is 0.539. The van der Waals surface area contributed by atoms with Crippen molar-refractivity contribution in [3.8, 4) is 5.88 Å². The van der Waals surface area contributed by atoms with Gasteiger partial charge in [0, 0.05) is 23.3 Å². The minimum atomic E-state index is -1.11. The van der Waals surface area contributed by atoms with E-state index in [0.29, 0.717) is 17.6 Å². The van der Waals surface area contributed by atoms with Gasteiger partial charge in [0.15, 0.2) is 0 Å². The number of hydrogen-bond donors (Lipinski definition) is 1. The molecule has 18 heavy (non-hydrogen) atoms. The van der Waals surface area contributed by atoms with Gasteiger partial charge in [-0.3, -0.25) is 0 Å². The van der Waals surface area contributed by atoms with E-state index >= 15 is 0 Å². The van der Waals surface area contributed by atoms with E-state index in [2.05, 4.69) is 9.71 Å². The van der Waals surface area contributed by atoms with Crippen LogP contribution in [0.5, 0.6) is 5.88 Å². The Morgan fingerprint density at radius 3 is 2.89 bits per heavy atom. The van der Waals surface area contributed by atoms with Crippen LogP contribution in [0.25, 0.3) is 0 Å². The molecule has 1 aliphatic rings. The van der Waals surface area contributed by atoms with Crippen LogP contribution in [0.1, 0.15) is 38.8 Å². The van der Waals surface area contributed by atoms with Gasteiger partial charge < -0.3 is 9.29 Å². The topological polar surface area (TPSA) is 57.2 Å². The number of nitrogens with one attached hydrogen (secondary N) is 1. The van der Waals surface area contributed by atoms with Gasteiger partial charge in [-0.2, -0.15) is 0 Å². The molecule has 0 aliphatic carbocycles. The highest BCUT2D eigenvalue weighted by Crippen LogP contribution is 2.32. The maximum atomic E-state index is 12.1. The van der Waals surface area contributed by atoms with Crippen LogP contribution in [-0.4, -0.2) is 20.9 Å². The molecule has 0 radical (unpaired) electrons. The molecule has 100 valence electrons. The molecule has 1 aromatic heterocycles. The first-order valence-electron chi connectivity index (χ1n) is 5.85. The fraction of sp³-hybridized carbons (Fsp3) is 0.583. The molecular formula is C12H17ClN2O2S. The van der Waals surface area contributed by atoms with Crippen LogP contribution in [0.3, 0.4) is 0 Å². The van der Waals surface area contributed by atoms with Crippen molar-refractivity contribution in [3.05, 3.63) is 22.8 Å². The van der Waals surface area contributed by atoms with E-state index in [1.165, 1.54) is 0 Å². The Morgan fingerprint density at radius 2 is 2.22 bits per heavy atom. The van der Waals surface area contributed by atoms with Crippen LogP contribution in [0.2, 0.25) is 5.15 Å². The molecular weight excluding hydrogens is 272 g/mol. The van der Waals surface area contributed by atoms with E-state index in [1.807, 2.05) is 26.8 Å². The van der Waals surface area contributed by atoms with Gasteiger partial charge in [-0.25, -0.2) is 4.98 Å². The number of fused-ring (bicyclic) bond motifs is 1. The largest absolute Gasteiger partial charge is 0.598 e. The number of aromatic nitrogens is 1. The summed E-state index contributed by atoms with van der Waals surface area (Å²) in [4.78, 5) is 4.14. The molecule has 2 rings (SSSR count). The molecule has 2 atom stereocenters. The van der Waals surface area contributed by atoms with E-state index in [4.69, 9.17) is 16.3 Å². The number of rotatable bonds is 2. The average Bonchev–Trinajstić information content (AvgIpc) is 2.27. The van der Waals surface area contributed by atoms with Crippen molar-refractivity contribution in [1.82, 2.24) is 9.71 Å². The summed E-state index contributed by atoms with van der Waals surface area (Å²) in [6.07, 6.45) is 0.776. The molecule has 0 aromatic carbocycles. The Kier molecular flexibility index (Phi) is 4.06. The third kappa shape index (κ3) is 3.09. The fourth-order valence-electron chi connectivity index (χ4n) is 1.67. The van der Waals surface area contributed by atoms with E-state index in [1.54, 1.807) is 6.07 Å². The van der Waals surface area contributed by atoms with Crippen LogP contribution >= 0.6 is 11.6 Å². The molecule has 2 unspecified atom stereocenters. The predicted molar refractivity (Wildman–Crippen MR) is 73.1 cm³/mol. The van der Waals surface area contributed by atoms with Gasteiger partial charge in [0.1, 0.15) is 9.90 Å². The molecule has 0 saturated heterocycles. The van der Waals surface area contributed by atoms with Crippen molar-refractivity contribution in [3.63, 3.8) is 0 Å². The number of hydrogen-bond acceptors (Lipinski definition) is 4. The fourth-order valence-corrected chi connectivity index (χ4v) is 2.66. The Bertz CT molecular complexity index is 437. The first-order chi connectivity index (χ1) is 8.38. The summed E-state index contributed by atoms with van der Waals surface area (Å²) in [5.41, 5.74) is 0.920. The van der Waals surface area contributed by atoms with Crippen LogP contribution in [0.15, 0.2) is 12.1 Å². The zero-order valence-corrected chi connectivity index (χ0v) is 12.3. The Labute approximate surface area is 115 Å². The van der Waals surface area contributed by atoms with Crippen LogP contribution in [-0.2, 0) is 11.4 Å². The maximum Gasteiger partial charge on any atom is 0.219 e. The molecule has 4 nitrogen and oxygen atoms in total.